The summed E-state index contributed by atoms with van der Waals surface area (Å²) in [6.07, 6.45) is -1.68. The van der Waals surface area contributed by atoms with Gasteiger partial charge in [0.1, 0.15) is 0 Å². The van der Waals surface area contributed by atoms with E-state index in [1.165, 1.54) is 6.92 Å². The summed E-state index contributed by atoms with van der Waals surface area (Å²) < 4.78 is 84.7. The standard InChI is InChI=1S/C17H11F6N3OS/c1-8-3-10(18)14(6-13(8)26-16(28-2)25-7-24)27-15-11(19)4-9(5-12(15)20)17(21,22)23/h3-6H,1-2H3,(H,25,26). The Kier molecular flexibility index (Phi) is 6.45. The van der Waals surface area contributed by atoms with Crippen molar-refractivity contribution in [1.29, 1.82) is 5.26 Å². The molecule has 2 rings (SSSR count). The highest BCUT2D eigenvalue weighted by Gasteiger charge is 2.33. The molecule has 11 heteroatoms. The molecule has 0 bridgehead atoms. The predicted molar refractivity (Wildman–Crippen MR) is 91.9 cm³/mol. The lowest BCUT2D eigenvalue weighted by atomic mass is 10.1. The number of ether oxygens (including phenoxy) is 1. The second-order valence-corrected chi connectivity index (χ2v) is 6.09. The monoisotopic (exact) mass is 419 g/mol. The van der Waals surface area contributed by atoms with E-state index in [9.17, 15) is 26.3 Å². The SMILES string of the molecule is CSC(=Nc1cc(Oc2c(F)cc(C(F)(F)F)cc2F)c(F)cc1C)NC#N. The molecule has 0 aliphatic heterocycles. The van der Waals surface area contributed by atoms with Gasteiger partial charge in [0.2, 0.25) is 0 Å². The Bertz CT molecular complexity index is 946. The average molecular weight is 419 g/mol. The molecule has 0 aliphatic carbocycles. The van der Waals surface area contributed by atoms with Gasteiger partial charge >= 0.3 is 6.18 Å². The Morgan fingerprint density at radius 1 is 1.11 bits per heavy atom. The number of hydrogen-bond acceptors (Lipinski definition) is 4. The van der Waals surface area contributed by atoms with E-state index in [0.29, 0.717) is 5.56 Å². The summed E-state index contributed by atoms with van der Waals surface area (Å²) in [6.45, 7) is 1.50. The third-order valence-corrected chi connectivity index (χ3v) is 3.95. The van der Waals surface area contributed by atoms with E-state index in [1.54, 1.807) is 12.4 Å². The number of amidine groups is 1. The van der Waals surface area contributed by atoms with Crippen molar-refractivity contribution in [2.24, 2.45) is 4.99 Å². The minimum Gasteiger partial charge on any atom is -0.448 e. The Morgan fingerprint density at radius 2 is 1.71 bits per heavy atom. The molecule has 0 saturated carbocycles. The normalized spacial score (nSPS) is 11.9. The minimum absolute atomic E-state index is 0.0479. The van der Waals surface area contributed by atoms with Crippen LogP contribution in [0.4, 0.5) is 32.0 Å². The highest BCUT2D eigenvalue weighted by molar-refractivity contribution is 8.13. The van der Waals surface area contributed by atoms with Gasteiger partial charge in [-0.2, -0.15) is 18.4 Å². The van der Waals surface area contributed by atoms with Gasteiger partial charge in [0.15, 0.2) is 40.3 Å². The summed E-state index contributed by atoms with van der Waals surface area (Å²) in [5, 5.41) is 11.1. The summed E-state index contributed by atoms with van der Waals surface area (Å²) in [7, 11) is 0. The number of aliphatic imine (C=N–C) groups is 1. The first-order valence-corrected chi connectivity index (χ1v) is 8.61. The van der Waals surface area contributed by atoms with Crippen molar-refractivity contribution in [3.8, 4) is 17.7 Å². The van der Waals surface area contributed by atoms with Crippen molar-refractivity contribution in [2.75, 3.05) is 6.26 Å². The van der Waals surface area contributed by atoms with Crippen LogP contribution >= 0.6 is 11.8 Å². The smallest absolute Gasteiger partial charge is 0.416 e. The number of alkyl halides is 3. The zero-order chi connectivity index (χ0) is 21.1. The van der Waals surface area contributed by atoms with E-state index >= 15 is 0 Å². The molecule has 0 amide bonds. The molecular formula is C17H11F6N3OS. The van der Waals surface area contributed by atoms with Crippen molar-refractivity contribution < 1.29 is 31.1 Å². The maximum Gasteiger partial charge on any atom is 0.416 e. The molecule has 2 aromatic carbocycles. The minimum atomic E-state index is -4.96. The van der Waals surface area contributed by atoms with Crippen LogP contribution in [0.3, 0.4) is 0 Å². The lowest BCUT2D eigenvalue weighted by Crippen LogP contribution is -2.12. The molecule has 0 atom stereocenters. The fourth-order valence-corrected chi connectivity index (χ4v) is 2.39. The molecule has 0 aliphatic rings. The third-order valence-electron chi connectivity index (χ3n) is 3.37. The number of nitrogens with one attached hydrogen (secondary N) is 1. The zero-order valence-electron chi connectivity index (χ0n) is 14.3. The van der Waals surface area contributed by atoms with Crippen LogP contribution in [0.2, 0.25) is 0 Å². The molecule has 0 heterocycles. The summed E-state index contributed by atoms with van der Waals surface area (Å²) >= 11 is 1.08. The number of thioether (sulfide) groups is 1. The van der Waals surface area contributed by atoms with Crippen molar-refractivity contribution in [3.05, 3.63) is 52.8 Å². The van der Waals surface area contributed by atoms with E-state index < -0.39 is 40.7 Å². The maximum absolute atomic E-state index is 14.1. The van der Waals surface area contributed by atoms with Crippen molar-refractivity contribution in [2.45, 2.75) is 13.1 Å². The van der Waals surface area contributed by atoms with E-state index in [2.05, 4.69) is 10.3 Å². The van der Waals surface area contributed by atoms with Gasteiger partial charge in [-0.25, -0.2) is 18.2 Å². The van der Waals surface area contributed by atoms with E-state index in [4.69, 9.17) is 10.00 Å². The van der Waals surface area contributed by atoms with Crippen LogP contribution in [0.25, 0.3) is 0 Å². The van der Waals surface area contributed by atoms with Gasteiger partial charge in [0.25, 0.3) is 0 Å². The average Bonchev–Trinajstić information content (AvgIpc) is 2.59. The highest BCUT2D eigenvalue weighted by atomic mass is 32.2. The van der Waals surface area contributed by atoms with Crippen LogP contribution in [-0.4, -0.2) is 11.4 Å². The first kappa shape index (κ1) is 21.4. The Hall–Kier alpha value is -2.87. The molecule has 0 spiro atoms. The second kappa shape index (κ2) is 8.43. The molecular weight excluding hydrogens is 408 g/mol. The summed E-state index contributed by atoms with van der Waals surface area (Å²) in [5.41, 5.74) is -1.10. The predicted octanol–water partition coefficient (Wildman–Crippen LogP) is 5.64. The number of halogens is 6. The van der Waals surface area contributed by atoms with Gasteiger partial charge in [-0.05, 0) is 36.9 Å². The highest BCUT2D eigenvalue weighted by Crippen LogP contribution is 2.37. The number of nitrogens with zero attached hydrogens (tertiary/aromatic N) is 2. The molecule has 0 fully saturated rings. The van der Waals surface area contributed by atoms with Gasteiger partial charge in [0.05, 0.1) is 11.3 Å². The van der Waals surface area contributed by atoms with Crippen LogP contribution in [0.5, 0.6) is 11.5 Å². The Morgan fingerprint density at radius 3 is 2.21 bits per heavy atom. The van der Waals surface area contributed by atoms with Crippen molar-refractivity contribution in [3.63, 3.8) is 0 Å². The number of aryl methyl sites for hydroxylation is 1. The number of nitriles is 1. The van der Waals surface area contributed by atoms with Crippen molar-refractivity contribution in [1.82, 2.24) is 5.32 Å². The Labute approximate surface area is 159 Å². The zero-order valence-corrected chi connectivity index (χ0v) is 15.1. The van der Waals surface area contributed by atoms with Crippen LogP contribution < -0.4 is 10.1 Å². The summed E-state index contributed by atoms with van der Waals surface area (Å²) in [6, 6.07) is 2.08. The van der Waals surface area contributed by atoms with E-state index in [0.717, 1.165) is 23.9 Å². The molecule has 1 N–H and O–H groups in total. The molecule has 148 valence electrons. The van der Waals surface area contributed by atoms with Gasteiger partial charge in [0, 0.05) is 6.07 Å². The molecule has 0 unspecified atom stereocenters. The summed E-state index contributed by atoms with van der Waals surface area (Å²) in [4.78, 5) is 4.06. The van der Waals surface area contributed by atoms with Crippen molar-refractivity contribution >= 4 is 22.6 Å². The van der Waals surface area contributed by atoms with Crippen LogP contribution in [0, 0.1) is 35.8 Å². The first-order valence-electron chi connectivity index (χ1n) is 7.38. The van der Waals surface area contributed by atoms with Gasteiger partial charge in [-0.3, -0.25) is 5.32 Å². The molecule has 0 radical (unpaired) electrons. The molecule has 0 aromatic heterocycles. The van der Waals surface area contributed by atoms with Crippen LogP contribution in [0.15, 0.2) is 29.3 Å². The molecule has 0 saturated heterocycles. The van der Waals surface area contributed by atoms with E-state index in [-0.39, 0.29) is 23.0 Å². The topological polar surface area (TPSA) is 57.4 Å². The van der Waals surface area contributed by atoms with Gasteiger partial charge in [-0.1, -0.05) is 11.8 Å². The molecule has 28 heavy (non-hydrogen) atoms. The fraction of sp³-hybridized carbons (Fsp3) is 0.176. The van der Waals surface area contributed by atoms with Gasteiger partial charge < -0.3 is 4.74 Å². The number of benzene rings is 2. The lowest BCUT2D eigenvalue weighted by Gasteiger charge is -2.13. The first-order chi connectivity index (χ1) is 13.1. The Balaban J connectivity index is 2.48. The maximum atomic E-state index is 14.1. The van der Waals surface area contributed by atoms with Crippen LogP contribution in [0.1, 0.15) is 11.1 Å². The number of rotatable bonds is 3. The van der Waals surface area contributed by atoms with Gasteiger partial charge in [-0.15, -0.1) is 0 Å². The second-order valence-electron chi connectivity index (χ2n) is 5.30. The van der Waals surface area contributed by atoms with Crippen LogP contribution in [-0.2, 0) is 6.18 Å². The number of hydrogen-bond donors (Lipinski definition) is 1. The molecule has 2 aromatic rings. The quantitative estimate of drug-likeness (QED) is 0.230. The molecule has 4 nitrogen and oxygen atoms in total. The fourth-order valence-electron chi connectivity index (χ4n) is 2.05. The summed E-state index contributed by atoms with van der Waals surface area (Å²) in [5.74, 6) is -6.14. The largest absolute Gasteiger partial charge is 0.448 e. The van der Waals surface area contributed by atoms with E-state index in [1.807, 2.05) is 0 Å². The third kappa shape index (κ3) is 4.89. The lowest BCUT2D eigenvalue weighted by molar-refractivity contribution is -0.138.